The summed E-state index contributed by atoms with van der Waals surface area (Å²) in [7, 11) is -4.26. The molecule has 1 rings (SSSR count). The number of phosphoric ester groups is 1. The maximum Gasteiger partial charge on any atom is 0.475 e. The Morgan fingerprint density at radius 1 is 1.10 bits per heavy atom. The molecule has 1 atom stereocenters. The van der Waals surface area contributed by atoms with Crippen LogP contribution in [0.2, 0.25) is 0 Å². The van der Waals surface area contributed by atoms with Crippen molar-refractivity contribution in [1.82, 2.24) is 0 Å². The fourth-order valence-electron chi connectivity index (χ4n) is 1.48. The minimum absolute atomic E-state index is 0.0867. The smallest absolute Gasteiger partial charge is 0.287 e. The van der Waals surface area contributed by atoms with E-state index in [-0.39, 0.29) is 18.8 Å². The quantitative estimate of drug-likeness (QED) is 0.696. The average molecular weight is 312 g/mol. The Balaban J connectivity index is 3.04. The molecule has 0 bridgehead atoms. The first-order valence-electron chi connectivity index (χ1n) is 6.01. The summed E-state index contributed by atoms with van der Waals surface area (Å²) in [6.45, 7) is 2.80. The highest BCUT2D eigenvalue weighted by Crippen LogP contribution is 2.56. The first-order chi connectivity index (χ1) is 9.32. The van der Waals surface area contributed by atoms with E-state index in [1.54, 1.807) is 6.07 Å². The number of benzene rings is 1. The van der Waals surface area contributed by atoms with Gasteiger partial charge in [0.1, 0.15) is 0 Å². The first-order valence-corrected chi connectivity index (χ1v) is 7.47. The van der Waals surface area contributed by atoms with E-state index in [9.17, 15) is 17.7 Å². The second-order valence-electron chi connectivity index (χ2n) is 3.72. The van der Waals surface area contributed by atoms with E-state index in [1.165, 1.54) is 38.1 Å². The van der Waals surface area contributed by atoms with Gasteiger partial charge >= 0.3 is 14.0 Å². The summed E-state index contributed by atoms with van der Waals surface area (Å²) < 4.78 is 65.4. The summed E-state index contributed by atoms with van der Waals surface area (Å²) in [6, 6.07) is 6.91. The van der Waals surface area contributed by atoms with Crippen molar-refractivity contribution in [1.29, 1.82) is 0 Å². The molecule has 1 unspecified atom stereocenters. The zero-order valence-corrected chi connectivity index (χ0v) is 12.0. The number of rotatable bonds is 7. The normalized spacial score (nSPS) is 14.2. The molecular weight excluding hydrogens is 296 g/mol. The second kappa shape index (κ2) is 7.22. The van der Waals surface area contributed by atoms with E-state index in [0.717, 1.165) is 0 Å². The molecule has 1 aromatic carbocycles. The summed E-state index contributed by atoms with van der Waals surface area (Å²) in [6.07, 6.45) is -7.10. The molecule has 114 valence electrons. The third-order valence-corrected chi connectivity index (χ3v) is 3.83. The third-order valence-electron chi connectivity index (χ3n) is 2.21. The maximum absolute atomic E-state index is 13.1. The maximum atomic E-state index is 13.1. The van der Waals surface area contributed by atoms with Gasteiger partial charge in [-0.15, -0.1) is 0 Å². The molecular formula is C12H16F3O4P. The number of hydrogen-bond donors (Lipinski definition) is 0. The van der Waals surface area contributed by atoms with Gasteiger partial charge in [-0.2, -0.15) is 13.2 Å². The molecule has 0 aliphatic carbocycles. The zero-order chi connectivity index (χ0) is 15.2. The van der Waals surface area contributed by atoms with Gasteiger partial charge in [0.15, 0.2) is 6.10 Å². The van der Waals surface area contributed by atoms with E-state index >= 15 is 0 Å². The average Bonchev–Trinajstić information content (AvgIpc) is 2.36. The molecule has 0 heterocycles. The van der Waals surface area contributed by atoms with Crippen LogP contribution in [0.4, 0.5) is 13.2 Å². The van der Waals surface area contributed by atoms with Gasteiger partial charge in [-0.05, 0) is 19.4 Å². The van der Waals surface area contributed by atoms with E-state index in [4.69, 9.17) is 9.05 Å². The van der Waals surface area contributed by atoms with Crippen molar-refractivity contribution < 1.29 is 31.3 Å². The van der Waals surface area contributed by atoms with Crippen molar-refractivity contribution in [2.45, 2.75) is 26.1 Å². The Hall–Kier alpha value is -0.880. The van der Waals surface area contributed by atoms with Crippen LogP contribution in [0.15, 0.2) is 30.3 Å². The Morgan fingerprint density at radius 3 is 2.00 bits per heavy atom. The lowest BCUT2D eigenvalue weighted by molar-refractivity contribution is -0.203. The van der Waals surface area contributed by atoms with Crippen LogP contribution in [-0.2, 0) is 18.1 Å². The van der Waals surface area contributed by atoms with Gasteiger partial charge in [0.2, 0.25) is 0 Å². The number of hydrogen-bond acceptors (Lipinski definition) is 4. The minimum Gasteiger partial charge on any atom is -0.287 e. The van der Waals surface area contributed by atoms with Crippen LogP contribution in [0.1, 0.15) is 25.5 Å². The van der Waals surface area contributed by atoms with Gasteiger partial charge in [0.25, 0.3) is 0 Å². The van der Waals surface area contributed by atoms with E-state index < -0.39 is 20.1 Å². The van der Waals surface area contributed by atoms with Crippen molar-refractivity contribution in [2.75, 3.05) is 13.2 Å². The molecule has 0 spiro atoms. The van der Waals surface area contributed by atoms with E-state index in [2.05, 4.69) is 4.52 Å². The predicted octanol–water partition coefficient (Wildman–Crippen LogP) is 4.49. The van der Waals surface area contributed by atoms with Crippen molar-refractivity contribution in [2.24, 2.45) is 0 Å². The van der Waals surface area contributed by atoms with Gasteiger partial charge in [-0.1, -0.05) is 30.3 Å². The van der Waals surface area contributed by atoms with E-state index in [1.807, 2.05) is 0 Å². The van der Waals surface area contributed by atoms with Crippen LogP contribution in [0, 0.1) is 0 Å². The van der Waals surface area contributed by atoms with Crippen molar-refractivity contribution in [3.8, 4) is 0 Å². The summed E-state index contributed by atoms with van der Waals surface area (Å²) in [4.78, 5) is 0. The number of phosphoric acid groups is 1. The highest BCUT2D eigenvalue weighted by atomic mass is 31.2. The van der Waals surface area contributed by atoms with E-state index in [0.29, 0.717) is 0 Å². The summed E-state index contributed by atoms with van der Waals surface area (Å²) in [5, 5.41) is 0. The topological polar surface area (TPSA) is 44.8 Å². The van der Waals surface area contributed by atoms with Gasteiger partial charge in [-0.3, -0.25) is 13.6 Å². The SMILES string of the molecule is CCOP(=O)(OCC)OC(c1ccccc1)C(F)(F)F. The Kier molecular flexibility index (Phi) is 6.20. The molecule has 4 nitrogen and oxygen atoms in total. The fraction of sp³-hybridized carbons (Fsp3) is 0.500. The van der Waals surface area contributed by atoms with Gasteiger partial charge in [0, 0.05) is 0 Å². The van der Waals surface area contributed by atoms with Gasteiger partial charge in [-0.25, -0.2) is 4.57 Å². The molecule has 8 heteroatoms. The van der Waals surface area contributed by atoms with Crippen molar-refractivity contribution >= 4 is 7.82 Å². The largest absolute Gasteiger partial charge is 0.475 e. The Morgan fingerprint density at radius 2 is 1.60 bits per heavy atom. The third kappa shape index (κ3) is 4.90. The first kappa shape index (κ1) is 17.2. The van der Waals surface area contributed by atoms with Gasteiger partial charge in [0.05, 0.1) is 13.2 Å². The highest BCUT2D eigenvalue weighted by Gasteiger charge is 2.47. The van der Waals surface area contributed by atoms with Crippen LogP contribution in [0.25, 0.3) is 0 Å². The standard InChI is InChI=1S/C12H16F3O4P/c1-3-17-20(16,18-4-2)19-11(12(13,14)15)10-8-6-5-7-9-10/h5-9,11H,3-4H2,1-2H3. The summed E-state index contributed by atoms with van der Waals surface area (Å²) in [5.41, 5.74) is -0.167. The molecule has 0 aromatic heterocycles. The minimum atomic E-state index is -4.73. The number of halogens is 3. The number of alkyl halides is 3. The molecule has 1 aromatic rings. The molecule has 0 saturated heterocycles. The summed E-state index contributed by atoms with van der Waals surface area (Å²) in [5.74, 6) is 0. The fourth-order valence-corrected chi connectivity index (χ4v) is 2.81. The van der Waals surface area contributed by atoms with Crippen LogP contribution >= 0.6 is 7.82 Å². The lowest BCUT2D eigenvalue weighted by Gasteiger charge is -2.25. The molecule has 0 N–H and O–H groups in total. The van der Waals surface area contributed by atoms with Crippen LogP contribution < -0.4 is 0 Å². The molecule has 0 radical (unpaired) electrons. The Bertz CT molecular complexity index is 440. The second-order valence-corrected chi connectivity index (χ2v) is 5.34. The zero-order valence-electron chi connectivity index (χ0n) is 11.1. The highest BCUT2D eigenvalue weighted by molar-refractivity contribution is 7.48. The lowest BCUT2D eigenvalue weighted by Crippen LogP contribution is -2.23. The van der Waals surface area contributed by atoms with Crippen molar-refractivity contribution in [3.63, 3.8) is 0 Å². The molecule has 0 aliphatic heterocycles. The lowest BCUT2D eigenvalue weighted by atomic mass is 10.1. The molecule has 0 amide bonds. The molecule has 0 aliphatic rings. The van der Waals surface area contributed by atoms with Crippen molar-refractivity contribution in [3.05, 3.63) is 35.9 Å². The Labute approximate surface area is 115 Å². The summed E-state index contributed by atoms with van der Waals surface area (Å²) >= 11 is 0. The molecule has 20 heavy (non-hydrogen) atoms. The van der Waals surface area contributed by atoms with Crippen LogP contribution in [0.5, 0.6) is 0 Å². The van der Waals surface area contributed by atoms with Gasteiger partial charge < -0.3 is 0 Å². The monoisotopic (exact) mass is 312 g/mol. The molecule has 0 fully saturated rings. The predicted molar refractivity (Wildman–Crippen MR) is 67.2 cm³/mol. The van der Waals surface area contributed by atoms with Crippen LogP contribution in [-0.4, -0.2) is 19.4 Å². The van der Waals surface area contributed by atoms with Crippen LogP contribution in [0.3, 0.4) is 0 Å². The molecule has 0 saturated carbocycles.